The van der Waals surface area contributed by atoms with E-state index < -0.39 is 27.1 Å². The number of nitro benzene ring substituents is 1. The number of carbonyl (C=O) groups excluding carboxylic acids is 2. The number of hydrazone groups is 1. The zero-order valence-electron chi connectivity index (χ0n) is 18.2. The van der Waals surface area contributed by atoms with Crippen molar-refractivity contribution >= 4 is 57.7 Å². The van der Waals surface area contributed by atoms with Crippen LogP contribution in [0, 0.1) is 26.4 Å². The van der Waals surface area contributed by atoms with E-state index in [1.165, 1.54) is 24.3 Å². The summed E-state index contributed by atoms with van der Waals surface area (Å²) in [4.78, 5) is 37.5. The second kappa shape index (κ2) is 7.81. The number of non-ortho nitro benzene ring substituents is 1. The molecule has 2 unspecified atom stereocenters. The Bertz CT molecular complexity index is 1210. The van der Waals surface area contributed by atoms with Crippen molar-refractivity contribution in [3.8, 4) is 0 Å². The Morgan fingerprint density at radius 1 is 1.03 bits per heavy atom. The molecule has 2 saturated carbocycles. The van der Waals surface area contributed by atoms with E-state index in [2.05, 4.69) is 15.8 Å². The molecular weight excluding hydrogens is 467 g/mol. The van der Waals surface area contributed by atoms with E-state index in [9.17, 15) is 19.7 Å². The van der Waals surface area contributed by atoms with Gasteiger partial charge >= 0.3 is 0 Å². The van der Waals surface area contributed by atoms with Gasteiger partial charge in [-0.25, -0.2) is 0 Å². The summed E-state index contributed by atoms with van der Waals surface area (Å²) in [6.07, 6.45) is 1.01. The standard InChI is InChI=1S/C23H22Cl2N4O4/c1-21(2)22(3)10-11-23(21,20(31)26-14-6-9-16(24)17(25)12-14)19(30)18(22)28-27-13-4-7-15(8-5-13)29(32)33/h4-9,12,27H,10-11H2,1-3H3,(H,26,31). The van der Waals surface area contributed by atoms with E-state index in [-0.39, 0.29) is 11.5 Å². The third-order valence-corrected chi connectivity index (χ3v) is 8.25. The molecule has 1 amide bonds. The summed E-state index contributed by atoms with van der Waals surface area (Å²) in [5.41, 5.74) is 1.41. The Balaban J connectivity index is 1.65. The number of hydrogen-bond acceptors (Lipinski definition) is 6. The lowest BCUT2D eigenvalue weighted by molar-refractivity contribution is -0.384. The monoisotopic (exact) mass is 488 g/mol. The fourth-order valence-corrected chi connectivity index (χ4v) is 5.36. The van der Waals surface area contributed by atoms with E-state index in [0.29, 0.717) is 40.0 Å². The van der Waals surface area contributed by atoms with Gasteiger partial charge in [-0.05, 0) is 48.6 Å². The second-order valence-electron chi connectivity index (χ2n) is 9.15. The minimum absolute atomic E-state index is 0.0461. The van der Waals surface area contributed by atoms with Gasteiger partial charge in [-0.2, -0.15) is 5.10 Å². The number of anilines is 2. The number of nitrogens with zero attached hydrogens (tertiary/aromatic N) is 2. The summed E-state index contributed by atoms with van der Waals surface area (Å²) >= 11 is 12.0. The van der Waals surface area contributed by atoms with Crippen LogP contribution in [0.3, 0.4) is 0 Å². The summed E-state index contributed by atoms with van der Waals surface area (Å²) in [7, 11) is 0. The number of ketones is 1. The smallest absolute Gasteiger partial charge is 0.269 e. The van der Waals surface area contributed by atoms with E-state index in [1.807, 2.05) is 20.8 Å². The van der Waals surface area contributed by atoms with Crippen LogP contribution in [0.4, 0.5) is 17.1 Å². The predicted octanol–water partition coefficient (Wildman–Crippen LogP) is 5.70. The van der Waals surface area contributed by atoms with Crippen LogP contribution in [-0.2, 0) is 9.59 Å². The quantitative estimate of drug-likeness (QED) is 0.318. The molecule has 2 aromatic rings. The topological polar surface area (TPSA) is 114 Å². The molecule has 0 radical (unpaired) electrons. The highest BCUT2D eigenvalue weighted by molar-refractivity contribution is 6.51. The van der Waals surface area contributed by atoms with Crippen LogP contribution >= 0.6 is 23.2 Å². The fourth-order valence-electron chi connectivity index (χ4n) is 5.06. The fraction of sp³-hybridized carbons (Fsp3) is 0.348. The average molecular weight is 489 g/mol. The van der Waals surface area contributed by atoms with Crippen LogP contribution in [0.15, 0.2) is 47.6 Å². The number of nitrogens with one attached hydrogen (secondary N) is 2. The van der Waals surface area contributed by atoms with Crippen LogP contribution in [0.5, 0.6) is 0 Å². The van der Waals surface area contributed by atoms with Crippen molar-refractivity contribution in [2.75, 3.05) is 10.7 Å². The van der Waals surface area contributed by atoms with Crippen molar-refractivity contribution in [2.24, 2.45) is 21.3 Å². The minimum atomic E-state index is -1.29. The van der Waals surface area contributed by atoms with E-state index in [0.717, 1.165) is 0 Å². The number of benzene rings is 2. The van der Waals surface area contributed by atoms with Gasteiger partial charge in [0.2, 0.25) is 5.91 Å². The first kappa shape index (κ1) is 23.2. The van der Waals surface area contributed by atoms with Crippen molar-refractivity contribution in [3.05, 3.63) is 62.6 Å². The highest BCUT2D eigenvalue weighted by Crippen LogP contribution is 2.69. The normalized spacial score (nSPS) is 26.5. The predicted molar refractivity (Wildman–Crippen MR) is 128 cm³/mol. The van der Waals surface area contributed by atoms with Crippen molar-refractivity contribution in [1.82, 2.24) is 0 Å². The maximum absolute atomic E-state index is 13.7. The van der Waals surface area contributed by atoms with Gasteiger partial charge in [0.15, 0.2) is 5.78 Å². The van der Waals surface area contributed by atoms with Crippen molar-refractivity contribution in [3.63, 3.8) is 0 Å². The molecule has 0 aliphatic heterocycles. The summed E-state index contributed by atoms with van der Waals surface area (Å²) in [5, 5.41) is 18.7. The number of rotatable bonds is 5. The molecule has 2 aromatic carbocycles. The molecule has 0 heterocycles. The van der Waals surface area contributed by atoms with E-state index >= 15 is 0 Å². The first-order chi connectivity index (χ1) is 15.4. The molecule has 172 valence electrons. The Hall–Kier alpha value is -2.97. The van der Waals surface area contributed by atoms with Gasteiger partial charge in [0.05, 0.1) is 20.7 Å². The maximum atomic E-state index is 13.7. The second-order valence-corrected chi connectivity index (χ2v) is 9.97. The van der Waals surface area contributed by atoms with Crippen molar-refractivity contribution < 1.29 is 14.5 Å². The van der Waals surface area contributed by atoms with Crippen LogP contribution in [-0.4, -0.2) is 22.3 Å². The largest absolute Gasteiger partial charge is 0.325 e. The number of hydrogen-bond donors (Lipinski definition) is 2. The molecule has 0 saturated heterocycles. The number of carbonyl (C=O) groups is 2. The molecule has 10 heteroatoms. The lowest BCUT2D eigenvalue weighted by Gasteiger charge is -2.37. The highest BCUT2D eigenvalue weighted by atomic mass is 35.5. The van der Waals surface area contributed by atoms with Crippen LogP contribution in [0.1, 0.15) is 33.6 Å². The molecule has 2 N–H and O–H groups in total. The molecule has 2 fully saturated rings. The van der Waals surface area contributed by atoms with Gasteiger partial charge < -0.3 is 5.32 Å². The zero-order chi connectivity index (χ0) is 24.2. The van der Waals surface area contributed by atoms with Crippen LogP contribution < -0.4 is 10.7 Å². The maximum Gasteiger partial charge on any atom is 0.269 e. The molecule has 4 rings (SSSR count). The third-order valence-electron chi connectivity index (χ3n) is 7.51. The molecule has 2 bridgehead atoms. The van der Waals surface area contributed by atoms with Crippen LogP contribution in [0.2, 0.25) is 10.0 Å². The van der Waals surface area contributed by atoms with E-state index in [4.69, 9.17) is 23.2 Å². The lowest BCUT2D eigenvalue weighted by Crippen LogP contribution is -2.47. The van der Waals surface area contributed by atoms with Crippen molar-refractivity contribution in [2.45, 2.75) is 33.6 Å². The molecule has 0 spiro atoms. The summed E-state index contributed by atoms with van der Waals surface area (Å²) in [6, 6.07) is 10.5. The summed E-state index contributed by atoms with van der Waals surface area (Å²) in [5.74, 6) is -0.728. The zero-order valence-corrected chi connectivity index (χ0v) is 19.8. The van der Waals surface area contributed by atoms with Gasteiger partial charge in [-0.3, -0.25) is 25.1 Å². The van der Waals surface area contributed by atoms with Gasteiger partial charge in [0.1, 0.15) is 11.1 Å². The van der Waals surface area contributed by atoms with Gasteiger partial charge in [-0.1, -0.05) is 44.0 Å². The number of Topliss-reactive ketones (excluding diaryl/α,β-unsaturated/α-hetero) is 1. The third kappa shape index (κ3) is 3.31. The van der Waals surface area contributed by atoms with Crippen molar-refractivity contribution in [1.29, 1.82) is 0 Å². The van der Waals surface area contributed by atoms with E-state index in [1.54, 1.807) is 18.2 Å². The molecule has 8 nitrogen and oxygen atoms in total. The molecule has 2 aliphatic carbocycles. The molecule has 2 aliphatic rings. The Labute approximate surface area is 200 Å². The summed E-state index contributed by atoms with van der Waals surface area (Å²) < 4.78 is 0. The molecule has 2 atom stereocenters. The first-order valence-corrected chi connectivity index (χ1v) is 11.1. The molecular formula is C23H22Cl2N4O4. The number of amides is 1. The SMILES string of the molecule is CC12CCC(C(=O)Nc3ccc(Cl)c(Cl)c3)(C(=O)C1=NNc1ccc([N+](=O)[O-])cc1)C2(C)C. The highest BCUT2D eigenvalue weighted by Gasteiger charge is 2.76. The molecule has 33 heavy (non-hydrogen) atoms. The minimum Gasteiger partial charge on any atom is -0.325 e. The van der Waals surface area contributed by atoms with Gasteiger partial charge in [0, 0.05) is 23.2 Å². The Morgan fingerprint density at radius 3 is 2.27 bits per heavy atom. The lowest BCUT2D eigenvalue weighted by atomic mass is 9.64. The first-order valence-electron chi connectivity index (χ1n) is 10.3. The van der Waals surface area contributed by atoms with Gasteiger partial charge in [0.25, 0.3) is 5.69 Å². The number of fused-ring (bicyclic) bond motifs is 2. The Morgan fingerprint density at radius 2 is 1.67 bits per heavy atom. The number of halogens is 2. The summed E-state index contributed by atoms with van der Waals surface area (Å²) in [6.45, 7) is 5.78. The molecule has 0 aromatic heterocycles. The van der Waals surface area contributed by atoms with Crippen LogP contribution in [0.25, 0.3) is 0 Å². The van der Waals surface area contributed by atoms with Gasteiger partial charge in [-0.15, -0.1) is 0 Å². The average Bonchev–Trinajstić information content (AvgIpc) is 3.04. The number of nitro groups is 1. The Kier molecular flexibility index (Phi) is 5.49.